The minimum absolute atomic E-state index is 0.0615. The van der Waals surface area contributed by atoms with Crippen molar-refractivity contribution in [1.82, 2.24) is 20.3 Å². The van der Waals surface area contributed by atoms with Crippen LogP contribution in [0.15, 0.2) is 24.5 Å². The summed E-state index contributed by atoms with van der Waals surface area (Å²) in [5.74, 6) is 0.554. The highest BCUT2D eigenvalue weighted by Crippen LogP contribution is 2.09. The molecule has 1 amide bonds. The van der Waals surface area contributed by atoms with Gasteiger partial charge in [0.25, 0.3) is 0 Å². The van der Waals surface area contributed by atoms with Crippen LogP contribution in [0.2, 0.25) is 0 Å². The van der Waals surface area contributed by atoms with Crippen molar-refractivity contribution in [2.45, 2.75) is 6.92 Å². The van der Waals surface area contributed by atoms with Crippen LogP contribution in [0.1, 0.15) is 6.92 Å². The summed E-state index contributed by atoms with van der Waals surface area (Å²) in [5.41, 5.74) is 1.30. The number of pyridine rings is 1. The second-order valence-corrected chi connectivity index (χ2v) is 3.40. The van der Waals surface area contributed by atoms with Gasteiger partial charge in [0.2, 0.25) is 5.91 Å². The van der Waals surface area contributed by atoms with Crippen molar-refractivity contribution in [3.8, 4) is 0 Å². The van der Waals surface area contributed by atoms with E-state index in [-0.39, 0.29) is 12.5 Å². The summed E-state index contributed by atoms with van der Waals surface area (Å²) in [6.07, 6.45) is 3.20. The molecule has 0 fully saturated rings. The molecule has 2 rings (SSSR count). The highest BCUT2D eigenvalue weighted by molar-refractivity contribution is 5.80. The van der Waals surface area contributed by atoms with E-state index in [4.69, 9.17) is 0 Å². The molecule has 2 aromatic heterocycles. The third-order valence-electron chi connectivity index (χ3n) is 2.14. The quantitative estimate of drug-likeness (QED) is 0.804. The second-order valence-electron chi connectivity index (χ2n) is 3.40. The van der Waals surface area contributed by atoms with Gasteiger partial charge in [0, 0.05) is 18.9 Å². The standard InChI is InChI=1S/C11H13N5O/c1-2-12-10(17)7-15-9-4-3-8-11(16-9)14-6-5-13-8/h3-6H,2,7H2,1H3,(H,12,17)(H,14,15,16). The topological polar surface area (TPSA) is 79.8 Å². The first-order valence-corrected chi connectivity index (χ1v) is 5.38. The lowest BCUT2D eigenvalue weighted by atomic mass is 10.4. The van der Waals surface area contributed by atoms with E-state index in [2.05, 4.69) is 25.6 Å². The first kappa shape index (κ1) is 11.3. The predicted molar refractivity (Wildman–Crippen MR) is 64.5 cm³/mol. The zero-order valence-electron chi connectivity index (χ0n) is 9.47. The zero-order valence-corrected chi connectivity index (χ0v) is 9.47. The number of carbonyl (C=O) groups excluding carboxylic acids is 1. The van der Waals surface area contributed by atoms with Crippen LogP contribution in [-0.2, 0) is 4.79 Å². The molecular formula is C11H13N5O. The molecule has 0 radical (unpaired) electrons. The van der Waals surface area contributed by atoms with Crippen molar-refractivity contribution in [1.29, 1.82) is 0 Å². The molecule has 0 saturated heterocycles. The summed E-state index contributed by atoms with van der Waals surface area (Å²) < 4.78 is 0. The fourth-order valence-electron chi connectivity index (χ4n) is 1.38. The van der Waals surface area contributed by atoms with E-state index in [1.807, 2.05) is 13.0 Å². The van der Waals surface area contributed by atoms with Crippen molar-refractivity contribution in [3.05, 3.63) is 24.5 Å². The average molecular weight is 231 g/mol. The monoisotopic (exact) mass is 231 g/mol. The minimum atomic E-state index is -0.0615. The lowest BCUT2D eigenvalue weighted by molar-refractivity contribution is -0.119. The molecule has 0 aliphatic carbocycles. The van der Waals surface area contributed by atoms with Crippen molar-refractivity contribution in [2.75, 3.05) is 18.4 Å². The van der Waals surface area contributed by atoms with Gasteiger partial charge in [0.1, 0.15) is 11.3 Å². The highest BCUT2D eigenvalue weighted by Gasteiger charge is 2.02. The highest BCUT2D eigenvalue weighted by atomic mass is 16.1. The Morgan fingerprint density at radius 3 is 2.94 bits per heavy atom. The maximum absolute atomic E-state index is 11.3. The smallest absolute Gasteiger partial charge is 0.239 e. The normalized spacial score (nSPS) is 10.2. The van der Waals surface area contributed by atoms with Crippen molar-refractivity contribution in [3.63, 3.8) is 0 Å². The number of nitrogens with one attached hydrogen (secondary N) is 2. The molecule has 2 N–H and O–H groups in total. The van der Waals surface area contributed by atoms with E-state index in [0.29, 0.717) is 18.0 Å². The lowest BCUT2D eigenvalue weighted by Crippen LogP contribution is -2.29. The van der Waals surface area contributed by atoms with E-state index in [1.54, 1.807) is 18.5 Å². The first-order chi connectivity index (χ1) is 8.29. The Bertz CT molecular complexity index is 528. The summed E-state index contributed by atoms with van der Waals surface area (Å²) in [7, 11) is 0. The number of hydrogen-bond acceptors (Lipinski definition) is 5. The van der Waals surface area contributed by atoms with Gasteiger partial charge < -0.3 is 10.6 Å². The summed E-state index contributed by atoms with van der Waals surface area (Å²) in [5, 5.41) is 5.63. The number of likely N-dealkylation sites (N-methyl/N-ethyl adjacent to an activating group) is 1. The van der Waals surface area contributed by atoms with Gasteiger partial charge in [-0.3, -0.25) is 9.78 Å². The summed E-state index contributed by atoms with van der Waals surface area (Å²) in [4.78, 5) is 23.7. The van der Waals surface area contributed by atoms with Crippen molar-refractivity contribution >= 4 is 22.9 Å². The Labute approximate surface area is 98.5 Å². The van der Waals surface area contributed by atoms with Crippen LogP contribution >= 0.6 is 0 Å². The molecule has 0 atom stereocenters. The molecule has 0 unspecified atom stereocenters. The van der Waals surface area contributed by atoms with Gasteiger partial charge in [-0.05, 0) is 19.1 Å². The van der Waals surface area contributed by atoms with Gasteiger partial charge in [0.05, 0.1) is 6.54 Å². The molecule has 0 spiro atoms. The van der Waals surface area contributed by atoms with E-state index in [0.717, 1.165) is 5.52 Å². The predicted octanol–water partition coefficient (Wildman–Crippen LogP) is 0.573. The lowest BCUT2D eigenvalue weighted by Gasteiger charge is -2.05. The maximum Gasteiger partial charge on any atom is 0.239 e. The largest absolute Gasteiger partial charge is 0.361 e. The van der Waals surface area contributed by atoms with E-state index in [9.17, 15) is 4.79 Å². The fourth-order valence-corrected chi connectivity index (χ4v) is 1.38. The molecule has 6 nitrogen and oxygen atoms in total. The number of carbonyl (C=O) groups is 1. The zero-order chi connectivity index (χ0) is 12.1. The van der Waals surface area contributed by atoms with Gasteiger partial charge in [-0.2, -0.15) is 0 Å². The Kier molecular flexibility index (Phi) is 3.44. The van der Waals surface area contributed by atoms with E-state index >= 15 is 0 Å². The molecule has 0 aromatic carbocycles. The molecule has 0 aliphatic heterocycles. The molecule has 88 valence electrons. The fraction of sp³-hybridized carbons (Fsp3) is 0.273. The molecule has 17 heavy (non-hydrogen) atoms. The molecule has 0 saturated carbocycles. The number of nitrogens with zero attached hydrogens (tertiary/aromatic N) is 3. The van der Waals surface area contributed by atoms with Crippen LogP contribution in [0.5, 0.6) is 0 Å². The molecule has 0 bridgehead atoms. The third kappa shape index (κ3) is 2.87. The van der Waals surface area contributed by atoms with Gasteiger partial charge in [-0.15, -0.1) is 0 Å². The van der Waals surface area contributed by atoms with Crippen molar-refractivity contribution < 1.29 is 4.79 Å². The summed E-state index contributed by atoms with van der Waals surface area (Å²) >= 11 is 0. The number of aromatic nitrogens is 3. The number of anilines is 1. The maximum atomic E-state index is 11.3. The number of rotatable bonds is 4. The minimum Gasteiger partial charge on any atom is -0.361 e. The Morgan fingerprint density at radius 1 is 1.29 bits per heavy atom. The molecular weight excluding hydrogens is 218 g/mol. The Hall–Kier alpha value is -2.24. The molecule has 6 heteroatoms. The van der Waals surface area contributed by atoms with Crippen LogP contribution in [-0.4, -0.2) is 33.9 Å². The molecule has 2 heterocycles. The van der Waals surface area contributed by atoms with Crippen LogP contribution in [0.25, 0.3) is 11.2 Å². The average Bonchev–Trinajstić information content (AvgIpc) is 2.36. The Balaban J connectivity index is 2.06. The number of hydrogen-bond donors (Lipinski definition) is 2. The van der Waals surface area contributed by atoms with Crippen LogP contribution in [0.4, 0.5) is 5.82 Å². The number of fused-ring (bicyclic) bond motifs is 1. The van der Waals surface area contributed by atoms with Gasteiger partial charge in [0.15, 0.2) is 5.65 Å². The van der Waals surface area contributed by atoms with Gasteiger partial charge in [-0.25, -0.2) is 9.97 Å². The van der Waals surface area contributed by atoms with E-state index < -0.39 is 0 Å². The molecule has 2 aromatic rings. The second kappa shape index (κ2) is 5.20. The van der Waals surface area contributed by atoms with Crippen LogP contribution in [0.3, 0.4) is 0 Å². The molecule has 0 aliphatic rings. The Morgan fingerprint density at radius 2 is 2.12 bits per heavy atom. The number of amides is 1. The first-order valence-electron chi connectivity index (χ1n) is 5.38. The van der Waals surface area contributed by atoms with Gasteiger partial charge >= 0.3 is 0 Å². The van der Waals surface area contributed by atoms with Crippen LogP contribution in [0, 0.1) is 0 Å². The van der Waals surface area contributed by atoms with E-state index in [1.165, 1.54) is 0 Å². The summed E-state index contributed by atoms with van der Waals surface area (Å²) in [6.45, 7) is 2.70. The summed E-state index contributed by atoms with van der Waals surface area (Å²) in [6, 6.07) is 3.59. The van der Waals surface area contributed by atoms with Gasteiger partial charge in [-0.1, -0.05) is 0 Å². The van der Waals surface area contributed by atoms with Crippen molar-refractivity contribution in [2.24, 2.45) is 0 Å². The third-order valence-corrected chi connectivity index (χ3v) is 2.14. The SMILES string of the molecule is CCNC(=O)CNc1ccc2nccnc2n1. The van der Waals surface area contributed by atoms with Crippen LogP contribution < -0.4 is 10.6 Å².